The Morgan fingerprint density at radius 1 is 1.13 bits per heavy atom. The maximum Gasteiger partial charge on any atom is 0.0589 e. The molecule has 1 heterocycles. The van der Waals surface area contributed by atoms with Crippen molar-refractivity contribution in [2.24, 2.45) is 5.92 Å². The predicted octanol–water partition coefficient (Wildman–Crippen LogP) is 0.189. The van der Waals surface area contributed by atoms with E-state index < -0.39 is 0 Å². The third-order valence-electron chi connectivity index (χ3n) is 3.11. The van der Waals surface area contributed by atoms with Crippen molar-refractivity contribution in [3.8, 4) is 0 Å². The van der Waals surface area contributed by atoms with Crippen LogP contribution in [0.3, 0.4) is 0 Å². The van der Waals surface area contributed by atoms with Crippen LogP contribution in [0.4, 0.5) is 0 Å². The first kappa shape index (κ1) is 12.9. The molecule has 1 N–H and O–H groups in total. The normalized spacial score (nSPS) is 26.4. The van der Waals surface area contributed by atoms with E-state index in [2.05, 4.69) is 17.1 Å². The third kappa shape index (κ3) is 4.07. The number of nitrogens with zero attached hydrogens (tertiary/aromatic N) is 1. The molecule has 0 aromatic heterocycles. The van der Waals surface area contributed by atoms with Crippen LogP contribution in [0.2, 0.25) is 0 Å². The fourth-order valence-corrected chi connectivity index (χ4v) is 2.15. The molecule has 0 aliphatic carbocycles. The smallest absolute Gasteiger partial charge is 0.0589 e. The van der Waals surface area contributed by atoms with E-state index in [-0.39, 0.29) is 0 Å². The van der Waals surface area contributed by atoms with Gasteiger partial charge in [0, 0.05) is 39.9 Å². The van der Waals surface area contributed by atoms with Gasteiger partial charge in [0.1, 0.15) is 0 Å². The highest BCUT2D eigenvalue weighted by molar-refractivity contribution is 4.86. The van der Waals surface area contributed by atoms with Crippen molar-refractivity contribution >= 4 is 0 Å². The lowest BCUT2D eigenvalue weighted by molar-refractivity contribution is 0.0816. The van der Waals surface area contributed by atoms with E-state index in [0.29, 0.717) is 6.04 Å². The summed E-state index contributed by atoms with van der Waals surface area (Å²) >= 11 is 0. The number of methoxy groups -OCH3 is 2. The Hall–Kier alpha value is -0.160. The molecule has 0 saturated carbocycles. The minimum Gasteiger partial charge on any atom is -0.383 e. The molecule has 1 saturated heterocycles. The van der Waals surface area contributed by atoms with Gasteiger partial charge in [-0.2, -0.15) is 0 Å². The number of hydrogen-bond donors (Lipinski definition) is 1. The third-order valence-corrected chi connectivity index (χ3v) is 3.11. The topological polar surface area (TPSA) is 33.7 Å². The summed E-state index contributed by atoms with van der Waals surface area (Å²) in [6.07, 6.45) is 0. The molecule has 4 heteroatoms. The second-order valence-electron chi connectivity index (χ2n) is 4.22. The van der Waals surface area contributed by atoms with Crippen molar-refractivity contribution in [1.29, 1.82) is 0 Å². The SMILES string of the molecule is COCCN(CCOC)C1CNCC1C. The van der Waals surface area contributed by atoms with Gasteiger partial charge in [0.05, 0.1) is 13.2 Å². The first-order valence-corrected chi connectivity index (χ1v) is 5.72. The van der Waals surface area contributed by atoms with Gasteiger partial charge in [-0.25, -0.2) is 0 Å². The van der Waals surface area contributed by atoms with Gasteiger partial charge >= 0.3 is 0 Å². The van der Waals surface area contributed by atoms with Crippen LogP contribution in [0.1, 0.15) is 6.92 Å². The summed E-state index contributed by atoms with van der Waals surface area (Å²) in [5.74, 6) is 0.721. The number of hydrogen-bond acceptors (Lipinski definition) is 4. The van der Waals surface area contributed by atoms with Crippen LogP contribution in [0, 0.1) is 5.92 Å². The molecule has 0 aromatic rings. The second-order valence-corrected chi connectivity index (χ2v) is 4.22. The fraction of sp³-hybridized carbons (Fsp3) is 1.00. The summed E-state index contributed by atoms with van der Waals surface area (Å²) in [5, 5.41) is 3.43. The first-order valence-electron chi connectivity index (χ1n) is 5.72. The molecule has 1 aliphatic heterocycles. The minimum absolute atomic E-state index is 0.635. The Balaban J connectivity index is 2.38. The van der Waals surface area contributed by atoms with Gasteiger partial charge in [-0.15, -0.1) is 0 Å². The molecule has 90 valence electrons. The highest BCUT2D eigenvalue weighted by Gasteiger charge is 2.28. The highest BCUT2D eigenvalue weighted by Crippen LogP contribution is 2.14. The lowest BCUT2D eigenvalue weighted by Gasteiger charge is -2.30. The van der Waals surface area contributed by atoms with Crippen molar-refractivity contribution in [2.45, 2.75) is 13.0 Å². The fourth-order valence-electron chi connectivity index (χ4n) is 2.15. The number of nitrogens with one attached hydrogen (secondary N) is 1. The molecule has 1 rings (SSSR count). The summed E-state index contributed by atoms with van der Waals surface area (Å²) in [6.45, 7) is 8.11. The zero-order valence-electron chi connectivity index (χ0n) is 10.2. The van der Waals surface area contributed by atoms with Crippen molar-refractivity contribution in [3.63, 3.8) is 0 Å². The van der Waals surface area contributed by atoms with Gasteiger partial charge < -0.3 is 14.8 Å². The standard InChI is InChI=1S/C11H24N2O2/c1-10-8-12-9-11(10)13(4-6-14-2)5-7-15-3/h10-12H,4-9H2,1-3H3. The molecular formula is C11H24N2O2. The van der Waals surface area contributed by atoms with E-state index in [1.54, 1.807) is 14.2 Å². The van der Waals surface area contributed by atoms with Crippen LogP contribution in [-0.4, -0.2) is 64.6 Å². The van der Waals surface area contributed by atoms with Crippen molar-refractivity contribution in [1.82, 2.24) is 10.2 Å². The molecule has 0 bridgehead atoms. The molecule has 4 nitrogen and oxygen atoms in total. The summed E-state index contributed by atoms with van der Waals surface area (Å²) < 4.78 is 10.3. The van der Waals surface area contributed by atoms with E-state index in [9.17, 15) is 0 Å². The van der Waals surface area contributed by atoms with Crippen LogP contribution in [0.15, 0.2) is 0 Å². The predicted molar refractivity (Wildman–Crippen MR) is 61.1 cm³/mol. The first-order chi connectivity index (χ1) is 7.29. The molecule has 0 amide bonds. The summed E-state index contributed by atoms with van der Waals surface area (Å²) in [7, 11) is 3.51. The minimum atomic E-state index is 0.635. The Kier molecular flexibility index (Phi) is 6.17. The zero-order valence-corrected chi connectivity index (χ0v) is 10.2. The largest absolute Gasteiger partial charge is 0.383 e. The molecule has 0 spiro atoms. The van der Waals surface area contributed by atoms with Crippen LogP contribution in [0.5, 0.6) is 0 Å². The monoisotopic (exact) mass is 216 g/mol. The van der Waals surface area contributed by atoms with Crippen molar-refractivity contribution < 1.29 is 9.47 Å². The van der Waals surface area contributed by atoms with Gasteiger partial charge in [-0.3, -0.25) is 4.90 Å². The molecule has 1 fully saturated rings. The molecule has 0 radical (unpaired) electrons. The van der Waals surface area contributed by atoms with E-state index in [0.717, 1.165) is 45.3 Å². The van der Waals surface area contributed by atoms with Crippen molar-refractivity contribution in [3.05, 3.63) is 0 Å². The maximum absolute atomic E-state index is 5.14. The van der Waals surface area contributed by atoms with Gasteiger partial charge in [-0.05, 0) is 12.5 Å². The number of rotatable bonds is 7. The molecule has 0 aromatic carbocycles. The second kappa shape index (κ2) is 7.17. The van der Waals surface area contributed by atoms with Crippen LogP contribution in [-0.2, 0) is 9.47 Å². The quantitative estimate of drug-likeness (QED) is 0.659. The maximum atomic E-state index is 5.14. The molecular weight excluding hydrogens is 192 g/mol. The van der Waals surface area contributed by atoms with E-state index in [1.807, 2.05) is 0 Å². The Morgan fingerprint density at radius 2 is 1.73 bits per heavy atom. The highest BCUT2D eigenvalue weighted by atomic mass is 16.5. The average molecular weight is 216 g/mol. The molecule has 2 atom stereocenters. The molecule has 2 unspecified atom stereocenters. The lowest BCUT2D eigenvalue weighted by Crippen LogP contribution is -2.43. The van der Waals surface area contributed by atoms with Crippen LogP contribution < -0.4 is 5.32 Å². The van der Waals surface area contributed by atoms with Crippen LogP contribution in [0.25, 0.3) is 0 Å². The van der Waals surface area contributed by atoms with Gasteiger partial charge in [-0.1, -0.05) is 6.92 Å². The van der Waals surface area contributed by atoms with Crippen LogP contribution >= 0.6 is 0 Å². The Bertz CT molecular complexity index is 159. The summed E-state index contributed by atoms with van der Waals surface area (Å²) in [6, 6.07) is 0.635. The van der Waals surface area contributed by atoms with Gasteiger partial charge in [0.25, 0.3) is 0 Å². The molecule has 1 aliphatic rings. The van der Waals surface area contributed by atoms with Gasteiger partial charge in [0.15, 0.2) is 0 Å². The summed E-state index contributed by atoms with van der Waals surface area (Å²) in [5.41, 5.74) is 0. The summed E-state index contributed by atoms with van der Waals surface area (Å²) in [4.78, 5) is 2.47. The number of ether oxygens (including phenoxy) is 2. The van der Waals surface area contributed by atoms with E-state index in [1.165, 1.54) is 0 Å². The zero-order chi connectivity index (χ0) is 11.1. The Labute approximate surface area is 92.9 Å². The van der Waals surface area contributed by atoms with Gasteiger partial charge in [0.2, 0.25) is 0 Å². The molecule has 15 heavy (non-hydrogen) atoms. The van der Waals surface area contributed by atoms with Crippen molar-refractivity contribution in [2.75, 3.05) is 53.6 Å². The Morgan fingerprint density at radius 3 is 2.13 bits per heavy atom. The average Bonchev–Trinajstić information content (AvgIpc) is 2.65. The lowest BCUT2D eigenvalue weighted by atomic mass is 10.0. The van der Waals surface area contributed by atoms with E-state index in [4.69, 9.17) is 9.47 Å². The van der Waals surface area contributed by atoms with E-state index >= 15 is 0 Å².